The van der Waals surface area contributed by atoms with Crippen molar-refractivity contribution in [2.24, 2.45) is 0 Å². The summed E-state index contributed by atoms with van der Waals surface area (Å²) in [7, 11) is 0. The number of aromatic hydroxyl groups is 2. The first kappa shape index (κ1) is 22.2. The predicted octanol–water partition coefficient (Wildman–Crippen LogP) is 3.61. The van der Waals surface area contributed by atoms with Gasteiger partial charge < -0.3 is 29.2 Å². The van der Waals surface area contributed by atoms with Crippen LogP contribution in [0.4, 0.5) is 0 Å². The van der Waals surface area contributed by atoms with Crippen molar-refractivity contribution in [3.8, 4) is 22.6 Å². The van der Waals surface area contributed by atoms with Gasteiger partial charge in [0.15, 0.2) is 0 Å². The van der Waals surface area contributed by atoms with Crippen molar-refractivity contribution in [2.75, 3.05) is 39.6 Å². The molecule has 4 rings (SSSR count). The molecule has 0 aromatic heterocycles. The van der Waals surface area contributed by atoms with E-state index in [4.69, 9.17) is 29.2 Å². The molecule has 0 aliphatic carbocycles. The highest BCUT2D eigenvalue weighted by atomic mass is 16.6. The number of hydrogen-bond donors (Lipinski definition) is 2. The number of epoxide rings is 2. The summed E-state index contributed by atoms with van der Waals surface area (Å²) in [6.07, 6.45) is 0.785. The van der Waals surface area contributed by atoms with Crippen LogP contribution in [-0.4, -0.2) is 62.1 Å². The summed E-state index contributed by atoms with van der Waals surface area (Å²) >= 11 is 0. The maximum Gasteiger partial charge on any atom is 0.115 e. The number of ether oxygens (including phenoxy) is 4. The summed E-state index contributed by atoms with van der Waals surface area (Å²) in [6, 6.07) is 13.9. The Hall–Kier alpha value is -2.12. The van der Waals surface area contributed by atoms with Gasteiger partial charge in [0.2, 0.25) is 0 Å². The lowest BCUT2D eigenvalue weighted by molar-refractivity contribution is 0.102. The Kier molecular flexibility index (Phi) is 9.79. The summed E-state index contributed by atoms with van der Waals surface area (Å²) in [4.78, 5) is 0. The SMILES string of the molecule is C(OCC1CO1)C1CO1.CCOCC.Oc1ccc(-c2ccc(O)cc2)cc1. The molecule has 6 heteroatoms. The van der Waals surface area contributed by atoms with E-state index in [2.05, 4.69) is 0 Å². The topological polar surface area (TPSA) is 84.0 Å². The number of rotatable bonds is 7. The molecule has 2 aliphatic heterocycles. The van der Waals surface area contributed by atoms with Crippen LogP contribution in [0.3, 0.4) is 0 Å². The Morgan fingerprint density at radius 1 is 0.714 bits per heavy atom. The summed E-state index contributed by atoms with van der Waals surface area (Å²) < 4.78 is 20.0. The van der Waals surface area contributed by atoms with Crippen molar-refractivity contribution >= 4 is 0 Å². The van der Waals surface area contributed by atoms with E-state index in [1.807, 2.05) is 38.1 Å². The van der Waals surface area contributed by atoms with Gasteiger partial charge in [-0.3, -0.25) is 0 Å². The van der Waals surface area contributed by atoms with E-state index in [-0.39, 0.29) is 11.5 Å². The normalized spacial score (nSPS) is 18.9. The van der Waals surface area contributed by atoms with Gasteiger partial charge in [0.25, 0.3) is 0 Å². The third-order valence-corrected chi connectivity index (χ3v) is 3.89. The third kappa shape index (κ3) is 9.71. The molecule has 0 bridgehead atoms. The Morgan fingerprint density at radius 3 is 1.32 bits per heavy atom. The van der Waals surface area contributed by atoms with Crippen LogP contribution in [0.1, 0.15) is 13.8 Å². The van der Waals surface area contributed by atoms with Gasteiger partial charge in [-0.15, -0.1) is 0 Å². The molecule has 0 radical (unpaired) electrons. The summed E-state index contributed by atoms with van der Waals surface area (Å²) in [6.45, 7) is 8.93. The molecule has 2 N–H and O–H groups in total. The molecule has 2 fully saturated rings. The molecule has 154 valence electrons. The third-order valence-electron chi connectivity index (χ3n) is 3.89. The fourth-order valence-electron chi connectivity index (χ4n) is 2.17. The molecule has 2 aromatic carbocycles. The van der Waals surface area contributed by atoms with Crippen molar-refractivity contribution in [2.45, 2.75) is 26.1 Å². The maximum atomic E-state index is 9.11. The summed E-state index contributed by atoms with van der Waals surface area (Å²) in [5.74, 6) is 0.514. The van der Waals surface area contributed by atoms with Gasteiger partial charge in [0.1, 0.15) is 23.7 Å². The molecular weight excluding hydrogens is 360 g/mol. The van der Waals surface area contributed by atoms with Gasteiger partial charge >= 0.3 is 0 Å². The minimum Gasteiger partial charge on any atom is -0.508 e. The Labute approximate surface area is 166 Å². The van der Waals surface area contributed by atoms with E-state index < -0.39 is 0 Å². The van der Waals surface area contributed by atoms with Crippen LogP contribution >= 0.6 is 0 Å². The Morgan fingerprint density at radius 2 is 1.07 bits per heavy atom. The molecule has 0 saturated carbocycles. The fraction of sp³-hybridized carbons (Fsp3) is 0.455. The summed E-state index contributed by atoms with van der Waals surface area (Å²) in [5, 5.41) is 18.2. The molecule has 0 spiro atoms. The van der Waals surface area contributed by atoms with E-state index in [9.17, 15) is 0 Å². The first-order valence-corrected chi connectivity index (χ1v) is 9.59. The fourth-order valence-corrected chi connectivity index (χ4v) is 2.17. The van der Waals surface area contributed by atoms with Crippen molar-refractivity contribution in [1.29, 1.82) is 0 Å². The minimum absolute atomic E-state index is 0.257. The molecular formula is C22H30O6. The molecule has 2 unspecified atom stereocenters. The Balaban J connectivity index is 0.000000171. The van der Waals surface area contributed by atoms with Gasteiger partial charge in [0.05, 0.1) is 26.4 Å². The highest BCUT2D eigenvalue weighted by Crippen LogP contribution is 2.23. The van der Waals surface area contributed by atoms with Crippen LogP contribution in [0, 0.1) is 0 Å². The van der Waals surface area contributed by atoms with Gasteiger partial charge in [0, 0.05) is 13.2 Å². The standard InChI is InChI=1S/C12H10O2.C6H10O3.C4H10O/c13-11-5-1-9(2-6-11)10-3-7-12(14)8-4-10;1(5-3-8-5)7-2-6-4-9-6;1-3-5-4-2/h1-8,13-14H;5-6H,1-4H2;3-4H2,1-2H3. The molecule has 2 atom stereocenters. The van der Waals surface area contributed by atoms with Crippen molar-refractivity contribution < 1.29 is 29.2 Å². The Bertz CT molecular complexity index is 590. The van der Waals surface area contributed by atoms with Crippen molar-refractivity contribution in [3.05, 3.63) is 48.5 Å². The average molecular weight is 390 g/mol. The number of phenolic OH excluding ortho intramolecular Hbond substituents is 2. The maximum absolute atomic E-state index is 9.11. The predicted molar refractivity (Wildman–Crippen MR) is 108 cm³/mol. The average Bonchev–Trinajstić information content (AvgIpc) is 3.61. The van der Waals surface area contributed by atoms with Crippen LogP contribution in [-0.2, 0) is 18.9 Å². The largest absolute Gasteiger partial charge is 0.508 e. The second kappa shape index (κ2) is 12.4. The minimum atomic E-state index is 0.257. The van der Waals surface area contributed by atoms with E-state index in [0.717, 1.165) is 50.8 Å². The van der Waals surface area contributed by atoms with Crippen LogP contribution in [0.15, 0.2) is 48.5 Å². The lowest BCUT2D eigenvalue weighted by atomic mass is 10.1. The van der Waals surface area contributed by atoms with Crippen LogP contribution in [0.5, 0.6) is 11.5 Å². The van der Waals surface area contributed by atoms with E-state index >= 15 is 0 Å². The molecule has 2 aliphatic rings. The quantitative estimate of drug-likeness (QED) is 0.703. The van der Waals surface area contributed by atoms with Crippen LogP contribution < -0.4 is 0 Å². The smallest absolute Gasteiger partial charge is 0.115 e. The zero-order valence-electron chi connectivity index (χ0n) is 16.5. The summed E-state index contributed by atoms with van der Waals surface area (Å²) in [5.41, 5.74) is 2.03. The van der Waals surface area contributed by atoms with Gasteiger partial charge in [-0.05, 0) is 49.2 Å². The molecule has 2 heterocycles. The zero-order chi connectivity index (χ0) is 20.2. The van der Waals surface area contributed by atoms with Gasteiger partial charge in [-0.1, -0.05) is 24.3 Å². The first-order valence-electron chi connectivity index (χ1n) is 9.59. The number of phenols is 2. The van der Waals surface area contributed by atoms with E-state index in [1.54, 1.807) is 24.3 Å². The molecule has 2 aromatic rings. The second-order valence-electron chi connectivity index (χ2n) is 6.32. The van der Waals surface area contributed by atoms with Crippen molar-refractivity contribution in [1.82, 2.24) is 0 Å². The molecule has 6 nitrogen and oxygen atoms in total. The lowest BCUT2D eigenvalue weighted by Crippen LogP contribution is -2.06. The molecule has 28 heavy (non-hydrogen) atoms. The molecule has 0 amide bonds. The highest BCUT2D eigenvalue weighted by Gasteiger charge is 2.26. The van der Waals surface area contributed by atoms with Crippen LogP contribution in [0.25, 0.3) is 11.1 Å². The molecule has 2 saturated heterocycles. The van der Waals surface area contributed by atoms with Crippen molar-refractivity contribution in [3.63, 3.8) is 0 Å². The van der Waals surface area contributed by atoms with Gasteiger partial charge in [-0.25, -0.2) is 0 Å². The lowest BCUT2D eigenvalue weighted by Gasteiger charge is -2.01. The van der Waals surface area contributed by atoms with Crippen LogP contribution in [0.2, 0.25) is 0 Å². The number of hydrogen-bond acceptors (Lipinski definition) is 6. The zero-order valence-corrected chi connectivity index (χ0v) is 16.5. The number of benzene rings is 2. The first-order chi connectivity index (χ1) is 13.6. The van der Waals surface area contributed by atoms with E-state index in [1.165, 1.54) is 0 Å². The second-order valence-corrected chi connectivity index (χ2v) is 6.32. The van der Waals surface area contributed by atoms with E-state index in [0.29, 0.717) is 12.2 Å². The highest BCUT2D eigenvalue weighted by molar-refractivity contribution is 5.64. The monoisotopic (exact) mass is 390 g/mol. The van der Waals surface area contributed by atoms with Gasteiger partial charge in [-0.2, -0.15) is 0 Å².